The number of rotatable bonds is 2. The van der Waals surface area contributed by atoms with Gasteiger partial charge in [0.2, 0.25) is 0 Å². The molecule has 91 heavy (non-hydrogen) atoms. The smallest absolute Gasteiger partial charge is 0.145 e. The molecule has 1 N–H and O–H groups in total. The summed E-state index contributed by atoms with van der Waals surface area (Å²) < 4.78 is 15.8. The van der Waals surface area contributed by atoms with Crippen LogP contribution >= 0.6 is 11.6 Å². The Morgan fingerprint density at radius 2 is 0.593 bits per heavy atom. The number of phenolic OH excluding ortho intramolecular Hbond substituents is 1. The average molecular weight is 1200 g/mol. The topological polar surface area (TPSA) is 101 Å². The average Bonchev–Trinajstić information content (AvgIpc) is 1.64. The molecule has 12 heterocycles. The standard InChI is InChI=1S/C40H30N4O.C20H15ClN2.C20H16N2O/c1-39(2)29-17-15-23(21-33(29)43-35-25(9-5-13-31(35)39)27-11-7-19-41-37(27)43)45-24-16-18-30-34(22-24)44-36-26(28-12-8-20-42-38(28)44)10-6-14-32(36)40(30,3)4;1-20(2)15-9-8-12(21)11-17(15)23-18-13(5-3-7-16(18)20)14-6-4-10-22-19(14)23;1-20(2)15-9-8-12(23)11-17(15)22-18-13(5-3-7-16(18)20)14-6-4-10-21-19(14)22/h5-22H,1-4H3;3-11H,1-2H3;3-11,23H,1-2H3. The van der Waals surface area contributed by atoms with Crippen LogP contribution in [-0.2, 0) is 21.7 Å². The van der Waals surface area contributed by atoms with E-state index >= 15 is 0 Å². The number of halogens is 1. The molecule has 0 bridgehead atoms. The van der Waals surface area contributed by atoms with Crippen LogP contribution in [0.25, 0.3) is 110 Å². The van der Waals surface area contributed by atoms with E-state index in [1.807, 2.05) is 67.3 Å². The highest BCUT2D eigenvalue weighted by Crippen LogP contribution is 2.53. The van der Waals surface area contributed by atoms with Gasteiger partial charge in [0.15, 0.2) is 0 Å². The van der Waals surface area contributed by atoms with Crippen molar-refractivity contribution in [3.8, 4) is 40.0 Å². The Kier molecular flexibility index (Phi) is 10.9. The summed E-state index contributed by atoms with van der Waals surface area (Å²) in [6.07, 6.45) is 7.45. The fourth-order valence-electron chi connectivity index (χ4n) is 16.3. The monoisotopic (exact) mass is 1200 g/mol. The lowest BCUT2D eigenvalue weighted by Gasteiger charge is -2.35. The third kappa shape index (κ3) is 7.19. The van der Waals surface area contributed by atoms with Crippen LogP contribution in [0.4, 0.5) is 0 Å². The van der Waals surface area contributed by atoms with Crippen LogP contribution in [0, 0.1) is 0 Å². The van der Waals surface area contributed by atoms with Gasteiger partial charge in [-0.3, -0.25) is 18.3 Å². The van der Waals surface area contributed by atoms with Gasteiger partial charge in [0.1, 0.15) is 39.8 Å². The lowest BCUT2D eigenvalue weighted by atomic mass is 9.74. The molecule has 440 valence electrons. The zero-order chi connectivity index (χ0) is 61.8. The number of nitrogens with zero attached hydrogens (tertiary/aromatic N) is 8. The Morgan fingerprint density at radius 1 is 0.308 bits per heavy atom. The van der Waals surface area contributed by atoms with Crippen molar-refractivity contribution in [1.82, 2.24) is 38.2 Å². The van der Waals surface area contributed by atoms with E-state index in [0.29, 0.717) is 0 Å². The predicted molar refractivity (Wildman–Crippen MR) is 370 cm³/mol. The minimum Gasteiger partial charge on any atom is -0.508 e. The minimum atomic E-state index is -0.170. The van der Waals surface area contributed by atoms with Gasteiger partial charge in [-0.25, -0.2) is 19.9 Å². The first-order valence-corrected chi connectivity index (χ1v) is 31.6. The summed E-state index contributed by atoms with van der Waals surface area (Å²) in [6, 6.07) is 67.8. The molecule has 0 saturated carbocycles. The van der Waals surface area contributed by atoms with Crippen LogP contribution in [0.2, 0.25) is 5.02 Å². The molecule has 0 fully saturated rings. The van der Waals surface area contributed by atoms with Gasteiger partial charge in [0.25, 0.3) is 0 Å². The Balaban J connectivity index is 0.000000112. The highest BCUT2D eigenvalue weighted by atomic mass is 35.5. The minimum absolute atomic E-state index is 0.0657. The van der Waals surface area contributed by atoms with Crippen molar-refractivity contribution in [1.29, 1.82) is 0 Å². The maximum absolute atomic E-state index is 10.0. The van der Waals surface area contributed by atoms with Gasteiger partial charge in [-0.2, -0.15) is 0 Å². The number of hydrogen-bond acceptors (Lipinski definition) is 6. The number of aromatic nitrogens is 8. The van der Waals surface area contributed by atoms with Crippen molar-refractivity contribution >= 4 is 99.3 Å². The molecule has 0 saturated heterocycles. The molecule has 0 unspecified atom stereocenters. The van der Waals surface area contributed by atoms with Crippen LogP contribution in [0.3, 0.4) is 0 Å². The Labute approximate surface area is 529 Å². The number of benzene rings is 8. The first kappa shape index (κ1) is 53.5. The molecule has 0 amide bonds. The van der Waals surface area contributed by atoms with Crippen molar-refractivity contribution in [2.45, 2.75) is 77.0 Å². The maximum Gasteiger partial charge on any atom is 0.145 e. The summed E-state index contributed by atoms with van der Waals surface area (Å²) in [5, 5.41) is 20.4. The summed E-state index contributed by atoms with van der Waals surface area (Å²) in [4.78, 5) is 19.0. The molecule has 20 rings (SSSR count). The van der Waals surface area contributed by atoms with E-state index in [0.717, 1.165) is 67.2 Å². The fourth-order valence-corrected chi connectivity index (χ4v) is 16.4. The molecule has 16 aromatic rings. The largest absolute Gasteiger partial charge is 0.508 e. The van der Waals surface area contributed by atoms with E-state index in [2.05, 4.69) is 229 Å². The van der Waals surface area contributed by atoms with Crippen molar-refractivity contribution in [2.24, 2.45) is 0 Å². The summed E-state index contributed by atoms with van der Waals surface area (Å²) >= 11 is 6.32. The second kappa shape index (κ2) is 18.5. The molecule has 11 heteroatoms. The Bertz CT molecular complexity index is 5520. The predicted octanol–water partition coefficient (Wildman–Crippen LogP) is 19.7. The second-order valence-electron chi connectivity index (χ2n) is 27.0. The number of ether oxygens (including phenoxy) is 1. The van der Waals surface area contributed by atoms with Crippen molar-refractivity contribution in [3.63, 3.8) is 0 Å². The van der Waals surface area contributed by atoms with Crippen LogP contribution in [0.1, 0.15) is 99.9 Å². The molecule has 0 spiro atoms. The van der Waals surface area contributed by atoms with Crippen LogP contribution in [0.5, 0.6) is 17.2 Å². The van der Waals surface area contributed by atoms with E-state index < -0.39 is 0 Å². The van der Waals surface area contributed by atoms with E-state index in [-0.39, 0.29) is 27.4 Å². The first-order valence-electron chi connectivity index (χ1n) is 31.2. The third-order valence-corrected chi connectivity index (χ3v) is 20.9. The first-order chi connectivity index (χ1) is 44.0. The summed E-state index contributed by atoms with van der Waals surface area (Å²) in [5.41, 5.74) is 22.9. The Morgan fingerprint density at radius 3 is 0.934 bits per heavy atom. The number of fused-ring (bicyclic) bond motifs is 20. The van der Waals surface area contributed by atoms with Gasteiger partial charge >= 0.3 is 0 Å². The molecule has 0 radical (unpaired) electrons. The molecule has 0 atom stereocenters. The number of phenols is 1. The van der Waals surface area contributed by atoms with Gasteiger partial charge in [0, 0.05) is 113 Å². The molecular weight excluding hydrogens is 1140 g/mol. The summed E-state index contributed by atoms with van der Waals surface area (Å²) in [6.45, 7) is 18.3. The van der Waals surface area contributed by atoms with Gasteiger partial charge in [0.05, 0.1) is 44.8 Å². The SMILES string of the molecule is CC1(C)c2ccc(Cl)cc2-n2c3ncccc3c3cccc1c32.CC1(C)c2ccc(O)cc2-n2c3ncccc3c3cccc1c32.CC1(C)c2ccc(Oc3ccc4c(c3)-n3c5ncccc5c5cccc(c53)C4(C)C)cc2-n2c3ncccc3c3cccc1c32. The highest BCUT2D eigenvalue weighted by Gasteiger charge is 2.40. The number of aromatic hydroxyl groups is 1. The van der Waals surface area contributed by atoms with Crippen molar-refractivity contribution < 1.29 is 9.84 Å². The molecule has 8 aromatic heterocycles. The van der Waals surface area contributed by atoms with Crippen LogP contribution in [-0.4, -0.2) is 43.3 Å². The van der Waals surface area contributed by atoms with Gasteiger partial charge in [-0.05, 0) is 123 Å². The second-order valence-corrected chi connectivity index (χ2v) is 27.4. The van der Waals surface area contributed by atoms with Crippen LogP contribution in [0.15, 0.2) is 219 Å². The molecular formula is C80H61ClN8O2. The highest BCUT2D eigenvalue weighted by molar-refractivity contribution is 6.31. The maximum atomic E-state index is 10.0. The van der Waals surface area contributed by atoms with Gasteiger partial charge in [-0.1, -0.05) is 164 Å². The quantitative estimate of drug-likeness (QED) is 0.185. The number of hydrogen-bond donors (Lipinski definition) is 1. The van der Waals surface area contributed by atoms with Gasteiger partial charge in [-0.15, -0.1) is 0 Å². The fraction of sp³-hybridized carbons (Fsp3) is 0.150. The number of para-hydroxylation sites is 4. The molecule has 0 aliphatic carbocycles. The molecule has 10 nitrogen and oxygen atoms in total. The van der Waals surface area contributed by atoms with Crippen LogP contribution < -0.4 is 4.74 Å². The van der Waals surface area contributed by atoms with E-state index in [1.54, 1.807) is 6.07 Å². The molecule has 8 aromatic carbocycles. The molecule has 4 aliphatic heterocycles. The third-order valence-electron chi connectivity index (χ3n) is 20.7. The van der Waals surface area contributed by atoms with E-state index in [4.69, 9.17) is 26.3 Å². The van der Waals surface area contributed by atoms with E-state index in [1.165, 1.54) is 104 Å². The van der Waals surface area contributed by atoms with Gasteiger partial charge < -0.3 is 9.84 Å². The lowest BCUT2D eigenvalue weighted by Crippen LogP contribution is -2.26. The summed E-state index contributed by atoms with van der Waals surface area (Å²) in [5.74, 6) is 1.88. The van der Waals surface area contributed by atoms with Crippen molar-refractivity contribution in [3.05, 3.63) is 268 Å². The zero-order valence-corrected chi connectivity index (χ0v) is 52.4. The summed E-state index contributed by atoms with van der Waals surface area (Å²) in [7, 11) is 0. The van der Waals surface area contributed by atoms with E-state index in [9.17, 15) is 5.11 Å². The normalized spacial score (nSPS) is 15.3. The Hall–Kier alpha value is -10.6. The van der Waals surface area contributed by atoms with Crippen molar-refractivity contribution in [2.75, 3.05) is 0 Å². The molecule has 4 aliphatic rings. The zero-order valence-electron chi connectivity index (χ0n) is 51.6. The lowest BCUT2D eigenvalue weighted by molar-refractivity contribution is 0.474. The number of pyridine rings is 4.